The lowest BCUT2D eigenvalue weighted by atomic mass is 9.93. The van der Waals surface area contributed by atoms with Gasteiger partial charge in [0.05, 0.1) is 11.1 Å². The molecule has 0 spiro atoms. The molecule has 0 fully saturated rings. The topological polar surface area (TPSA) is 92.0 Å². The second-order valence-corrected chi connectivity index (χ2v) is 3.73. The van der Waals surface area contributed by atoms with Gasteiger partial charge in [-0.05, 0) is 19.8 Å². The highest BCUT2D eigenvalue weighted by atomic mass is 16.3. The number of H-pyrrole nitrogens is 1. The number of hydrogen-bond donors (Lipinski definition) is 3. The minimum absolute atomic E-state index is 0.216. The zero-order chi connectivity index (χ0) is 11.6. The molecule has 1 aromatic heterocycles. The third-order valence-electron chi connectivity index (χ3n) is 2.86. The molecular formula is C10H17N3O2. The van der Waals surface area contributed by atoms with Gasteiger partial charge >= 0.3 is 0 Å². The fourth-order valence-electron chi connectivity index (χ4n) is 1.34. The van der Waals surface area contributed by atoms with E-state index in [1.54, 1.807) is 0 Å². The average Bonchev–Trinajstić information content (AvgIpc) is 2.24. The molecule has 0 saturated carbocycles. The Morgan fingerprint density at radius 2 is 2.00 bits per heavy atom. The van der Waals surface area contributed by atoms with E-state index >= 15 is 0 Å². The first-order chi connectivity index (χ1) is 6.94. The largest absolute Gasteiger partial charge is 0.493 e. The van der Waals surface area contributed by atoms with E-state index < -0.39 is 5.54 Å². The van der Waals surface area contributed by atoms with Gasteiger partial charge in [-0.3, -0.25) is 4.79 Å². The fourth-order valence-corrected chi connectivity index (χ4v) is 1.34. The first-order valence-corrected chi connectivity index (χ1v) is 5.03. The molecule has 0 aliphatic rings. The minimum atomic E-state index is -0.676. The number of nitrogens with two attached hydrogens (primary N) is 1. The lowest BCUT2D eigenvalue weighted by Gasteiger charge is -2.25. The van der Waals surface area contributed by atoms with E-state index in [4.69, 9.17) is 5.73 Å². The highest BCUT2D eigenvalue weighted by Crippen LogP contribution is 2.23. The van der Waals surface area contributed by atoms with Crippen LogP contribution >= 0.6 is 0 Å². The van der Waals surface area contributed by atoms with Gasteiger partial charge in [0.15, 0.2) is 0 Å². The highest BCUT2D eigenvalue weighted by molar-refractivity contribution is 5.22. The monoisotopic (exact) mass is 211 g/mol. The zero-order valence-electron chi connectivity index (χ0n) is 9.29. The van der Waals surface area contributed by atoms with Crippen molar-refractivity contribution in [2.75, 3.05) is 0 Å². The second-order valence-electron chi connectivity index (χ2n) is 3.73. The van der Waals surface area contributed by atoms with Crippen LogP contribution in [0.2, 0.25) is 0 Å². The van der Waals surface area contributed by atoms with Crippen molar-refractivity contribution in [3.05, 3.63) is 21.7 Å². The van der Waals surface area contributed by atoms with Gasteiger partial charge in [0.25, 0.3) is 5.56 Å². The molecule has 15 heavy (non-hydrogen) atoms. The predicted molar refractivity (Wildman–Crippen MR) is 57.7 cm³/mol. The van der Waals surface area contributed by atoms with Gasteiger partial charge in [-0.15, -0.1) is 0 Å². The number of aromatic nitrogens is 2. The van der Waals surface area contributed by atoms with Crippen LogP contribution in [-0.4, -0.2) is 15.1 Å². The average molecular weight is 211 g/mol. The summed E-state index contributed by atoms with van der Waals surface area (Å²) >= 11 is 0. The Morgan fingerprint density at radius 1 is 1.47 bits per heavy atom. The Kier molecular flexibility index (Phi) is 3.14. The van der Waals surface area contributed by atoms with Gasteiger partial charge in [-0.1, -0.05) is 13.8 Å². The lowest BCUT2D eigenvalue weighted by Crippen LogP contribution is -2.39. The van der Waals surface area contributed by atoms with E-state index in [9.17, 15) is 9.90 Å². The number of rotatable bonds is 3. The number of hydrogen-bond acceptors (Lipinski definition) is 4. The van der Waals surface area contributed by atoms with Crippen LogP contribution in [0.25, 0.3) is 0 Å². The molecular weight excluding hydrogens is 194 g/mol. The minimum Gasteiger partial charge on any atom is -0.493 e. The van der Waals surface area contributed by atoms with Crippen molar-refractivity contribution in [3.8, 4) is 5.88 Å². The Morgan fingerprint density at radius 3 is 2.40 bits per heavy atom. The Hall–Kier alpha value is -1.36. The summed E-state index contributed by atoms with van der Waals surface area (Å²) in [7, 11) is 0. The van der Waals surface area contributed by atoms with Gasteiger partial charge < -0.3 is 15.8 Å². The van der Waals surface area contributed by atoms with E-state index in [2.05, 4.69) is 9.97 Å². The van der Waals surface area contributed by atoms with Crippen molar-refractivity contribution < 1.29 is 5.11 Å². The molecule has 5 nitrogen and oxygen atoms in total. The number of nitrogens with one attached hydrogen (secondary N) is 1. The molecule has 0 aromatic carbocycles. The van der Waals surface area contributed by atoms with Crippen LogP contribution in [-0.2, 0) is 5.54 Å². The summed E-state index contributed by atoms with van der Waals surface area (Å²) < 4.78 is 0. The van der Waals surface area contributed by atoms with Crippen LogP contribution in [0.4, 0.5) is 0 Å². The molecule has 84 valence electrons. The maximum absolute atomic E-state index is 11.4. The quantitative estimate of drug-likeness (QED) is 0.688. The molecule has 0 amide bonds. The van der Waals surface area contributed by atoms with E-state index in [1.165, 1.54) is 6.92 Å². The first-order valence-electron chi connectivity index (χ1n) is 5.03. The Labute approximate surface area is 88.4 Å². The highest BCUT2D eigenvalue weighted by Gasteiger charge is 2.26. The van der Waals surface area contributed by atoms with Crippen molar-refractivity contribution in [2.24, 2.45) is 5.73 Å². The van der Waals surface area contributed by atoms with Crippen LogP contribution in [0.1, 0.15) is 38.1 Å². The fraction of sp³-hybridized carbons (Fsp3) is 0.600. The summed E-state index contributed by atoms with van der Waals surface area (Å²) in [5, 5.41) is 9.45. The zero-order valence-corrected chi connectivity index (χ0v) is 9.29. The van der Waals surface area contributed by atoms with E-state index in [0.29, 0.717) is 18.7 Å². The Bertz CT molecular complexity index is 408. The molecule has 0 atom stereocenters. The van der Waals surface area contributed by atoms with E-state index in [-0.39, 0.29) is 17.0 Å². The third kappa shape index (κ3) is 2.02. The van der Waals surface area contributed by atoms with Gasteiger partial charge in [0.1, 0.15) is 5.82 Å². The van der Waals surface area contributed by atoms with Crippen molar-refractivity contribution in [3.63, 3.8) is 0 Å². The normalized spacial score (nSPS) is 11.7. The van der Waals surface area contributed by atoms with Gasteiger partial charge in [0.2, 0.25) is 5.88 Å². The maximum Gasteiger partial charge on any atom is 0.257 e. The van der Waals surface area contributed by atoms with Crippen LogP contribution < -0.4 is 11.3 Å². The molecule has 0 unspecified atom stereocenters. The summed E-state index contributed by atoms with van der Waals surface area (Å²) in [6.45, 7) is 5.35. The predicted octanol–water partition coefficient (Wildman–Crippen LogP) is 0.758. The third-order valence-corrected chi connectivity index (χ3v) is 2.86. The van der Waals surface area contributed by atoms with Crippen molar-refractivity contribution >= 4 is 0 Å². The summed E-state index contributed by atoms with van der Waals surface area (Å²) in [5.74, 6) is 0.103. The van der Waals surface area contributed by atoms with Gasteiger partial charge in [-0.2, -0.15) is 4.98 Å². The molecule has 1 rings (SSSR count). The lowest BCUT2D eigenvalue weighted by molar-refractivity contribution is 0.369. The van der Waals surface area contributed by atoms with Crippen LogP contribution in [0, 0.1) is 6.92 Å². The Balaban J connectivity index is 3.33. The standard InChI is InChI=1S/C10H17N3O2/c1-4-10(11,5-2)9-12-7(14)6(3)8(15)13-9/h4-5,11H2,1-3H3,(H2,12,13,14,15). The van der Waals surface area contributed by atoms with Gasteiger partial charge in [-0.25, -0.2) is 0 Å². The maximum atomic E-state index is 11.4. The number of nitrogens with zero attached hydrogens (tertiary/aromatic N) is 1. The SMILES string of the molecule is CCC(N)(CC)c1nc(O)c(C)c(=O)[nH]1. The van der Waals surface area contributed by atoms with E-state index in [0.717, 1.165) is 0 Å². The summed E-state index contributed by atoms with van der Waals surface area (Å²) in [5.41, 5.74) is 5.26. The second kappa shape index (κ2) is 4.02. The van der Waals surface area contributed by atoms with Crippen LogP contribution in [0.5, 0.6) is 5.88 Å². The van der Waals surface area contributed by atoms with Gasteiger partial charge in [0, 0.05) is 0 Å². The smallest absolute Gasteiger partial charge is 0.257 e. The molecule has 0 saturated heterocycles. The van der Waals surface area contributed by atoms with Crippen molar-refractivity contribution in [2.45, 2.75) is 39.2 Å². The van der Waals surface area contributed by atoms with Crippen LogP contribution in [0.15, 0.2) is 4.79 Å². The molecule has 4 N–H and O–H groups in total. The van der Waals surface area contributed by atoms with E-state index in [1.807, 2.05) is 13.8 Å². The summed E-state index contributed by atoms with van der Waals surface area (Å²) in [6.07, 6.45) is 1.30. The molecule has 0 radical (unpaired) electrons. The van der Waals surface area contributed by atoms with Crippen molar-refractivity contribution in [1.82, 2.24) is 9.97 Å². The summed E-state index contributed by atoms with van der Waals surface area (Å²) in [4.78, 5) is 18.0. The molecule has 1 heterocycles. The molecule has 0 aliphatic heterocycles. The molecule has 1 aromatic rings. The number of aromatic amines is 1. The van der Waals surface area contributed by atoms with Crippen molar-refractivity contribution in [1.29, 1.82) is 0 Å². The molecule has 5 heteroatoms. The molecule has 0 bridgehead atoms. The molecule has 0 aliphatic carbocycles. The first kappa shape index (κ1) is 11.7. The summed E-state index contributed by atoms with van der Waals surface area (Å²) in [6, 6.07) is 0. The number of aromatic hydroxyl groups is 1. The van der Waals surface area contributed by atoms with Crippen LogP contribution in [0.3, 0.4) is 0 Å².